The van der Waals surface area contributed by atoms with Gasteiger partial charge in [0, 0.05) is 35.3 Å². The summed E-state index contributed by atoms with van der Waals surface area (Å²) < 4.78 is 18.6. The highest BCUT2D eigenvalue weighted by atomic mass is 35.5. The molecule has 2 amide bonds. The van der Waals surface area contributed by atoms with Crippen LogP contribution in [0.15, 0.2) is 47.8 Å². The van der Waals surface area contributed by atoms with Gasteiger partial charge in [-0.3, -0.25) is 9.59 Å². The minimum Gasteiger partial charge on any atom is -0.484 e. The summed E-state index contributed by atoms with van der Waals surface area (Å²) in [7, 11) is 0. The van der Waals surface area contributed by atoms with E-state index in [0.717, 1.165) is 6.42 Å². The van der Waals surface area contributed by atoms with Gasteiger partial charge in [-0.15, -0.1) is 11.3 Å². The number of ether oxygens (including phenoxy) is 1. The second-order valence-corrected chi connectivity index (χ2v) is 8.64. The second-order valence-electron chi connectivity index (χ2n) is 7.24. The molecule has 1 aliphatic rings. The van der Waals surface area contributed by atoms with Gasteiger partial charge in [0.05, 0.1) is 5.02 Å². The summed E-state index contributed by atoms with van der Waals surface area (Å²) in [5.41, 5.74) is 3.00. The first-order valence-electron chi connectivity index (χ1n) is 9.74. The van der Waals surface area contributed by atoms with Gasteiger partial charge in [0.1, 0.15) is 11.6 Å². The van der Waals surface area contributed by atoms with Gasteiger partial charge < -0.3 is 15.0 Å². The summed E-state index contributed by atoms with van der Waals surface area (Å²) in [5, 5.41) is 4.76. The monoisotopic (exact) mass is 458 g/mol. The Bertz CT molecular complexity index is 1150. The van der Waals surface area contributed by atoms with Gasteiger partial charge in [-0.1, -0.05) is 17.7 Å². The Morgan fingerprint density at radius 2 is 2.10 bits per heavy atom. The average Bonchev–Trinajstić information content (AvgIpc) is 3.23. The largest absolute Gasteiger partial charge is 0.484 e. The minimum atomic E-state index is -0.556. The number of anilines is 1. The van der Waals surface area contributed by atoms with Crippen molar-refractivity contribution in [3.05, 3.63) is 80.3 Å². The first kappa shape index (κ1) is 21.3. The molecule has 1 aliphatic heterocycles. The lowest BCUT2D eigenvalue weighted by Gasteiger charge is -2.28. The quantitative estimate of drug-likeness (QED) is 0.581. The summed E-state index contributed by atoms with van der Waals surface area (Å²) in [6, 6.07) is 11.2. The van der Waals surface area contributed by atoms with Crippen LogP contribution in [0.2, 0.25) is 5.02 Å². The van der Waals surface area contributed by atoms with Crippen LogP contribution in [0.4, 0.5) is 10.1 Å². The van der Waals surface area contributed by atoms with Crippen LogP contribution < -0.4 is 10.1 Å². The third kappa shape index (κ3) is 4.73. The highest BCUT2D eigenvalue weighted by Crippen LogP contribution is 2.27. The molecule has 0 saturated heterocycles. The van der Waals surface area contributed by atoms with Crippen LogP contribution in [-0.4, -0.2) is 29.9 Å². The van der Waals surface area contributed by atoms with Crippen LogP contribution in [0.5, 0.6) is 5.75 Å². The molecule has 0 atom stereocenters. The number of amides is 2. The fraction of sp³-hybridized carbons (Fsp3) is 0.217. The third-order valence-electron chi connectivity index (χ3n) is 5.19. The van der Waals surface area contributed by atoms with Crippen LogP contribution in [0.25, 0.3) is 0 Å². The molecular formula is C23H20ClFN2O3S. The molecule has 1 N–H and O–H groups in total. The van der Waals surface area contributed by atoms with Gasteiger partial charge in [0.25, 0.3) is 11.8 Å². The number of benzene rings is 2. The predicted molar refractivity (Wildman–Crippen MR) is 119 cm³/mol. The Morgan fingerprint density at radius 1 is 1.26 bits per heavy atom. The van der Waals surface area contributed by atoms with Crippen LogP contribution >= 0.6 is 22.9 Å². The molecule has 0 bridgehead atoms. The number of thiophene rings is 1. The summed E-state index contributed by atoms with van der Waals surface area (Å²) in [6.07, 6.45) is 0.860. The first-order chi connectivity index (χ1) is 14.9. The van der Waals surface area contributed by atoms with Gasteiger partial charge >= 0.3 is 0 Å². The maximum atomic E-state index is 13.2. The fourth-order valence-corrected chi connectivity index (χ4v) is 4.56. The van der Waals surface area contributed by atoms with Gasteiger partial charge in [-0.05, 0) is 60.2 Å². The van der Waals surface area contributed by atoms with Crippen molar-refractivity contribution in [2.75, 3.05) is 18.5 Å². The summed E-state index contributed by atoms with van der Waals surface area (Å²) in [5.74, 6) is -0.712. The van der Waals surface area contributed by atoms with Crippen LogP contribution in [0, 0.1) is 12.7 Å². The minimum absolute atomic E-state index is 0.0531. The number of nitrogens with zero attached hydrogens (tertiary/aromatic N) is 1. The second kappa shape index (κ2) is 9.08. The molecule has 5 nitrogen and oxygen atoms in total. The number of fused-ring (bicyclic) bond motifs is 1. The zero-order valence-electron chi connectivity index (χ0n) is 16.8. The predicted octanol–water partition coefficient (Wildman–Crippen LogP) is 5.07. The van der Waals surface area contributed by atoms with Crippen molar-refractivity contribution in [1.82, 2.24) is 4.90 Å². The van der Waals surface area contributed by atoms with Crippen molar-refractivity contribution >= 4 is 40.4 Å². The standard InChI is InChI=1S/C23H20ClFN2O3S/c1-14-17(23(29)27-9-7-21-15(12-27)8-10-31-21)3-2-4-20(14)26-22(28)13-30-16-5-6-19(25)18(24)11-16/h2-6,8,10-11H,7,9,12-13H2,1H3,(H,26,28). The van der Waals surface area contributed by atoms with E-state index < -0.39 is 11.7 Å². The van der Waals surface area contributed by atoms with E-state index in [2.05, 4.69) is 16.8 Å². The first-order valence-corrected chi connectivity index (χ1v) is 11.0. The molecule has 0 fully saturated rings. The van der Waals surface area contributed by atoms with Crippen molar-refractivity contribution in [1.29, 1.82) is 0 Å². The molecule has 0 radical (unpaired) electrons. The van der Waals surface area contributed by atoms with E-state index in [-0.39, 0.29) is 17.5 Å². The average molecular weight is 459 g/mol. The third-order valence-corrected chi connectivity index (χ3v) is 6.51. The van der Waals surface area contributed by atoms with Crippen molar-refractivity contribution in [3.63, 3.8) is 0 Å². The number of halogens is 2. The van der Waals surface area contributed by atoms with E-state index in [9.17, 15) is 14.0 Å². The van der Waals surface area contributed by atoms with E-state index in [4.69, 9.17) is 16.3 Å². The van der Waals surface area contributed by atoms with E-state index in [1.165, 1.54) is 28.6 Å². The molecule has 2 heterocycles. The Labute approximate surface area is 188 Å². The van der Waals surface area contributed by atoms with Crippen molar-refractivity contribution in [2.24, 2.45) is 0 Å². The molecule has 0 saturated carbocycles. The molecular weight excluding hydrogens is 439 g/mol. The smallest absolute Gasteiger partial charge is 0.262 e. The molecule has 0 spiro atoms. The van der Waals surface area contributed by atoms with Gasteiger partial charge in [-0.2, -0.15) is 0 Å². The molecule has 160 valence electrons. The molecule has 4 rings (SSSR count). The summed E-state index contributed by atoms with van der Waals surface area (Å²) >= 11 is 7.45. The summed E-state index contributed by atoms with van der Waals surface area (Å²) in [6.45, 7) is 2.81. The van der Waals surface area contributed by atoms with Crippen molar-refractivity contribution in [3.8, 4) is 5.75 Å². The Balaban J connectivity index is 1.41. The van der Waals surface area contributed by atoms with E-state index in [0.29, 0.717) is 35.7 Å². The maximum Gasteiger partial charge on any atom is 0.262 e. The van der Waals surface area contributed by atoms with Crippen LogP contribution in [0.3, 0.4) is 0 Å². The maximum absolute atomic E-state index is 13.2. The molecule has 3 aromatic rings. The zero-order valence-corrected chi connectivity index (χ0v) is 18.4. The molecule has 0 unspecified atom stereocenters. The number of carbonyl (C=O) groups is 2. The van der Waals surface area contributed by atoms with E-state index >= 15 is 0 Å². The normalized spacial score (nSPS) is 12.9. The van der Waals surface area contributed by atoms with Crippen molar-refractivity contribution < 1.29 is 18.7 Å². The SMILES string of the molecule is Cc1c(NC(=O)COc2ccc(F)c(Cl)c2)cccc1C(=O)N1CCc2sccc2C1. The van der Waals surface area contributed by atoms with Gasteiger partial charge in [-0.25, -0.2) is 4.39 Å². The van der Waals surface area contributed by atoms with E-state index in [1.807, 2.05) is 11.8 Å². The van der Waals surface area contributed by atoms with Gasteiger partial charge in [0.2, 0.25) is 0 Å². The zero-order chi connectivity index (χ0) is 22.0. The van der Waals surface area contributed by atoms with Gasteiger partial charge in [0.15, 0.2) is 6.61 Å². The lowest BCUT2D eigenvalue weighted by molar-refractivity contribution is -0.118. The Kier molecular flexibility index (Phi) is 6.25. The number of hydrogen-bond donors (Lipinski definition) is 1. The number of rotatable bonds is 5. The Morgan fingerprint density at radius 3 is 2.90 bits per heavy atom. The molecule has 0 aliphatic carbocycles. The highest BCUT2D eigenvalue weighted by molar-refractivity contribution is 7.10. The summed E-state index contributed by atoms with van der Waals surface area (Å²) in [4.78, 5) is 28.6. The molecule has 2 aromatic carbocycles. The highest BCUT2D eigenvalue weighted by Gasteiger charge is 2.24. The van der Waals surface area contributed by atoms with E-state index in [1.54, 1.807) is 29.5 Å². The molecule has 31 heavy (non-hydrogen) atoms. The topological polar surface area (TPSA) is 58.6 Å². The van der Waals surface area contributed by atoms with Crippen LogP contribution in [-0.2, 0) is 17.8 Å². The molecule has 8 heteroatoms. The number of nitrogens with one attached hydrogen (secondary N) is 1. The lowest BCUT2D eigenvalue weighted by Crippen LogP contribution is -2.35. The van der Waals surface area contributed by atoms with Crippen molar-refractivity contribution in [2.45, 2.75) is 19.9 Å². The molecule has 1 aromatic heterocycles. The Hall–Kier alpha value is -2.90. The lowest BCUT2D eigenvalue weighted by atomic mass is 10.0. The number of carbonyl (C=O) groups excluding carboxylic acids is 2. The van der Waals surface area contributed by atoms with Crippen LogP contribution in [0.1, 0.15) is 26.4 Å². The number of hydrogen-bond acceptors (Lipinski definition) is 4. The fourth-order valence-electron chi connectivity index (χ4n) is 3.50.